The minimum atomic E-state index is -1.61. The fourth-order valence-corrected chi connectivity index (χ4v) is 7.55. The lowest BCUT2D eigenvalue weighted by Crippen LogP contribution is -2.74. The molecule has 5 atom stereocenters. The van der Waals surface area contributed by atoms with Crippen molar-refractivity contribution >= 4 is 28.8 Å². The largest absolute Gasteiger partial charge is 0.391 e. The Balaban J connectivity index is 1.79. The number of nitrogens with two attached hydrogens (primary N) is 1. The summed E-state index contributed by atoms with van der Waals surface area (Å²) in [6, 6.07) is 15.5. The molecule has 1 aliphatic carbocycles. The molecule has 3 aromatic rings. The number of carbonyl (C=O) groups is 3. The molecule has 0 aliphatic heterocycles. The maximum Gasteiger partial charge on any atom is 0.244 e. The first-order valence-corrected chi connectivity index (χ1v) is 18.1. The Morgan fingerprint density at radius 3 is 2.24 bits per heavy atom. The van der Waals surface area contributed by atoms with Crippen LogP contribution >= 0.6 is 0 Å². The maximum atomic E-state index is 15.3. The number of primary amides is 1. The summed E-state index contributed by atoms with van der Waals surface area (Å²) < 4.78 is 0. The van der Waals surface area contributed by atoms with Crippen LogP contribution in [0.15, 0.2) is 54.6 Å². The highest BCUT2D eigenvalue weighted by Gasteiger charge is 2.56. The molecule has 49 heavy (non-hydrogen) atoms. The molecule has 0 saturated heterocycles. The third kappa shape index (κ3) is 9.08. The fourth-order valence-electron chi connectivity index (χ4n) is 7.55. The van der Waals surface area contributed by atoms with E-state index in [1.54, 1.807) is 0 Å². The summed E-state index contributed by atoms with van der Waals surface area (Å²) in [4.78, 5) is 52.5. The number of imidazole rings is 1. The number of rotatable bonds is 16. The van der Waals surface area contributed by atoms with Gasteiger partial charge in [0.15, 0.2) is 0 Å². The predicted octanol–water partition coefficient (Wildman–Crippen LogP) is 5.24. The van der Waals surface area contributed by atoms with Crippen LogP contribution in [0.2, 0.25) is 0 Å². The van der Waals surface area contributed by atoms with Crippen LogP contribution in [-0.2, 0) is 27.3 Å². The van der Waals surface area contributed by atoms with Crippen LogP contribution in [0.5, 0.6) is 0 Å². The monoisotopic (exact) mass is 674 g/mol. The number of nitrogens with one attached hydrogen (secondary N) is 3. The molecule has 268 valence electrons. The second-order valence-electron chi connectivity index (χ2n) is 15.1. The molecule has 1 heterocycles. The standard InChI is InChI=1S/C39H58N6O4/c1-7-26(3)33(36(48)41-24-32-42-29-21-15-16-22-30(29)43-32)44-37(49)39(31(46)8-2,23-27-17-11-9-12-18-27)45(25-28-19-13-10-14-20-28)34(35(40)47)38(4,5)6/h9,11-12,15-18,21-22,26,28,31,33-34,46H,7-8,10,13-14,19-20,23-25H2,1-6H3,(H2,40,47)(H,41,48)(H,42,43)(H,44,49)/t26-,31?,33-,34?,39?/m0/s1. The summed E-state index contributed by atoms with van der Waals surface area (Å²) in [5.74, 6) is -0.766. The summed E-state index contributed by atoms with van der Waals surface area (Å²) >= 11 is 0. The number of hydrogen-bond acceptors (Lipinski definition) is 6. The number of aromatic amines is 1. The SMILES string of the molecule is CCC(O)C(Cc1ccccc1)(C(=O)N[C@H](C(=O)NCc1nc2ccccc2[nH]1)[C@@H](C)CC)N(CC1CCCCC1)C(C(N)=O)C(C)(C)C. The lowest BCUT2D eigenvalue weighted by molar-refractivity contribution is -0.158. The molecule has 10 heteroatoms. The van der Waals surface area contributed by atoms with Crippen molar-refractivity contribution in [2.24, 2.45) is 23.0 Å². The molecule has 3 amide bonds. The lowest BCUT2D eigenvalue weighted by Gasteiger charge is -2.53. The van der Waals surface area contributed by atoms with E-state index in [2.05, 4.69) is 20.6 Å². The van der Waals surface area contributed by atoms with Gasteiger partial charge in [0.1, 0.15) is 17.4 Å². The van der Waals surface area contributed by atoms with Gasteiger partial charge in [0, 0.05) is 13.0 Å². The number of benzene rings is 2. The first-order chi connectivity index (χ1) is 23.3. The fraction of sp³-hybridized carbons (Fsp3) is 0.590. The van der Waals surface area contributed by atoms with Gasteiger partial charge >= 0.3 is 0 Å². The van der Waals surface area contributed by atoms with Gasteiger partial charge in [-0.3, -0.25) is 19.3 Å². The van der Waals surface area contributed by atoms with Gasteiger partial charge in [-0.05, 0) is 54.2 Å². The molecule has 1 fully saturated rings. The molecule has 6 N–H and O–H groups in total. The van der Waals surface area contributed by atoms with Crippen molar-refractivity contribution in [2.45, 2.75) is 123 Å². The van der Waals surface area contributed by atoms with Crippen LogP contribution in [0.1, 0.15) is 97.9 Å². The summed E-state index contributed by atoms with van der Waals surface area (Å²) in [6.07, 6.45) is 5.09. The van der Waals surface area contributed by atoms with Crippen LogP contribution < -0.4 is 16.4 Å². The molecule has 1 saturated carbocycles. The average Bonchev–Trinajstić information content (AvgIpc) is 3.51. The summed E-state index contributed by atoms with van der Waals surface area (Å²) in [6.45, 7) is 12.2. The van der Waals surface area contributed by atoms with E-state index >= 15 is 4.79 Å². The van der Waals surface area contributed by atoms with Crippen LogP contribution in [0, 0.1) is 17.3 Å². The van der Waals surface area contributed by atoms with Gasteiger partial charge in [-0.2, -0.15) is 0 Å². The van der Waals surface area contributed by atoms with E-state index in [0.29, 0.717) is 18.8 Å². The zero-order valence-electron chi connectivity index (χ0n) is 30.3. The van der Waals surface area contributed by atoms with Crippen molar-refractivity contribution < 1.29 is 19.5 Å². The van der Waals surface area contributed by atoms with E-state index in [1.807, 2.05) is 101 Å². The number of carbonyl (C=O) groups excluding carboxylic acids is 3. The highest BCUT2D eigenvalue weighted by Crippen LogP contribution is 2.38. The lowest BCUT2D eigenvalue weighted by atomic mass is 9.74. The second kappa shape index (κ2) is 16.8. The number of nitrogens with zero attached hydrogens (tertiary/aromatic N) is 2. The van der Waals surface area contributed by atoms with E-state index in [-0.39, 0.29) is 37.1 Å². The van der Waals surface area contributed by atoms with Crippen molar-refractivity contribution in [3.8, 4) is 0 Å². The number of aliphatic hydroxyl groups is 1. The van der Waals surface area contributed by atoms with Gasteiger partial charge in [-0.25, -0.2) is 4.98 Å². The summed E-state index contributed by atoms with van der Waals surface area (Å²) in [5, 5.41) is 18.3. The Kier molecular flexibility index (Phi) is 13.0. The highest BCUT2D eigenvalue weighted by molar-refractivity contribution is 5.94. The summed E-state index contributed by atoms with van der Waals surface area (Å²) in [5.41, 5.74) is 6.49. The molecule has 4 rings (SSSR count). The molecular formula is C39H58N6O4. The van der Waals surface area contributed by atoms with Gasteiger partial charge in [0.2, 0.25) is 17.7 Å². The second-order valence-corrected chi connectivity index (χ2v) is 15.1. The molecule has 0 spiro atoms. The summed E-state index contributed by atoms with van der Waals surface area (Å²) in [7, 11) is 0. The topological polar surface area (TPSA) is 153 Å². The molecule has 2 aromatic carbocycles. The molecule has 1 aromatic heterocycles. The predicted molar refractivity (Wildman–Crippen MR) is 194 cm³/mol. The van der Waals surface area contributed by atoms with Gasteiger partial charge in [0.25, 0.3) is 0 Å². The molecule has 1 aliphatic rings. The Labute approximate surface area is 292 Å². The number of amides is 3. The quantitative estimate of drug-likeness (QED) is 0.140. The molecule has 3 unspecified atom stereocenters. The van der Waals surface area contributed by atoms with Crippen molar-refractivity contribution in [2.75, 3.05) is 6.54 Å². The van der Waals surface area contributed by atoms with Crippen LogP contribution in [0.4, 0.5) is 0 Å². The zero-order valence-corrected chi connectivity index (χ0v) is 30.3. The molecule has 10 nitrogen and oxygen atoms in total. The van der Waals surface area contributed by atoms with Crippen molar-refractivity contribution in [1.29, 1.82) is 0 Å². The van der Waals surface area contributed by atoms with E-state index in [4.69, 9.17) is 5.73 Å². The number of fused-ring (bicyclic) bond motifs is 1. The number of hydrogen-bond donors (Lipinski definition) is 5. The van der Waals surface area contributed by atoms with E-state index in [1.165, 1.54) is 0 Å². The first-order valence-electron chi connectivity index (χ1n) is 18.1. The Hall–Kier alpha value is -3.76. The molecule has 0 bridgehead atoms. The minimum absolute atomic E-state index is 0.134. The van der Waals surface area contributed by atoms with Crippen molar-refractivity contribution in [3.63, 3.8) is 0 Å². The maximum absolute atomic E-state index is 15.3. The van der Waals surface area contributed by atoms with Crippen molar-refractivity contribution in [3.05, 3.63) is 66.0 Å². The van der Waals surface area contributed by atoms with E-state index in [9.17, 15) is 14.7 Å². The first kappa shape index (κ1) is 38.0. The number of H-pyrrole nitrogens is 1. The Morgan fingerprint density at radius 1 is 1.00 bits per heavy atom. The number of para-hydroxylation sites is 2. The van der Waals surface area contributed by atoms with Gasteiger partial charge in [-0.15, -0.1) is 0 Å². The smallest absolute Gasteiger partial charge is 0.244 e. The zero-order chi connectivity index (χ0) is 35.8. The third-order valence-corrected chi connectivity index (χ3v) is 10.4. The normalized spacial score (nSPS) is 18.0. The average molecular weight is 675 g/mol. The molecule has 0 radical (unpaired) electrons. The van der Waals surface area contributed by atoms with Crippen molar-refractivity contribution in [1.82, 2.24) is 25.5 Å². The minimum Gasteiger partial charge on any atom is -0.391 e. The third-order valence-electron chi connectivity index (χ3n) is 10.4. The van der Waals surface area contributed by atoms with E-state index < -0.39 is 41.0 Å². The number of aromatic nitrogens is 2. The van der Waals surface area contributed by atoms with E-state index in [0.717, 1.165) is 48.7 Å². The number of aliphatic hydroxyl groups excluding tert-OH is 1. The van der Waals surface area contributed by atoms with Crippen LogP contribution in [0.25, 0.3) is 11.0 Å². The Bertz CT molecular complexity index is 1500. The van der Waals surface area contributed by atoms with Crippen LogP contribution in [-0.4, -0.2) is 68.0 Å². The Morgan fingerprint density at radius 2 is 1.65 bits per heavy atom. The van der Waals surface area contributed by atoms with Crippen LogP contribution in [0.3, 0.4) is 0 Å². The van der Waals surface area contributed by atoms with Gasteiger partial charge < -0.3 is 26.5 Å². The van der Waals surface area contributed by atoms with Gasteiger partial charge in [-0.1, -0.05) is 110 Å². The molecular weight excluding hydrogens is 616 g/mol. The highest BCUT2D eigenvalue weighted by atomic mass is 16.3. The van der Waals surface area contributed by atoms with Gasteiger partial charge in [0.05, 0.1) is 29.7 Å².